The SMILES string of the molecule is CC(O)COC(C)CO.CCCCCCCCCC(=O)O. The van der Waals surface area contributed by atoms with E-state index in [0.717, 1.165) is 12.8 Å². The molecule has 0 rings (SSSR count). The maximum absolute atomic E-state index is 10.1. The zero-order valence-corrected chi connectivity index (χ0v) is 13.9. The topological polar surface area (TPSA) is 87.0 Å². The number of hydrogen-bond acceptors (Lipinski definition) is 4. The smallest absolute Gasteiger partial charge is 0.303 e. The summed E-state index contributed by atoms with van der Waals surface area (Å²) in [4.78, 5) is 10.1. The van der Waals surface area contributed by atoms with E-state index in [1.807, 2.05) is 0 Å². The van der Waals surface area contributed by atoms with Crippen LogP contribution in [-0.2, 0) is 9.53 Å². The van der Waals surface area contributed by atoms with Gasteiger partial charge in [-0.05, 0) is 20.3 Å². The predicted molar refractivity (Wildman–Crippen MR) is 84.4 cm³/mol. The summed E-state index contributed by atoms with van der Waals surface area (Å²) in [5.74, 6) is -0.663. The summed E-state index contributed by atoms with van der Waals surface area (Å²) in [5.41, 5.74) is 0. The Morgan fingerprint density at radius 1 is 1.05 bits per heavy atom. The fraction of sp³-hybridized carbons (Fsp3) is 0.938. The number of aliphatic carboxylic acids is 1. The van der Waals surface area contributed by atoms with Crippen LogP contribution in [0.1, 0.15) is 72.1 Å². The number of carboxylic acid groups (broad SMARTS) is 1. The van der Waals surface area contributed by atoms with Gasteiger partial charge in [0.2, 0.25) is 0 Å². The van der Waals surface area contributed by atoms with Crippen LogP contribution in [0.2, 0.25) is 0 Å². The number of hydrogen-bond donors (Lipinski definition) is 3. The summed E-state index contributed by atoms with van der Waals surface area (Å²) in [5, 5.41) is 25.5. The molecule has 128 valence electrons. The fourth-order valence-electron chi connectivity index (χ4n) is 1.59. The second-order valence-corrected chi connectivity index (χ2v) is 5.44. The molecule has 0 saturated heterocycles. The Kier molecular flexibility index (Phi) is 18.8. The van der Waals surface area contributed by atoms with E-state index in [1.54, 1.807) is 13.8 Å². The lowest BCUT2D eigenvalue weighted by molar-refractivity contribution is -0.137. The average molecular weight is 306 g/mol. The Bertz CT molecular complexity index is 219. The highest BCUT2D eigenvalue weighted by Gasteiger charge is 2.00. The van der Waals surface area contributed by atoms with Gasteiger partial charge in [0.1, 0.15) is 0 Å². The van der Waals surface area contributed by atoms with Crippen molar-refractivity contribution in [2.45, 2.75) is 84.3 Å². The van der Waals surface area contributed by atoms with Gasteiger partial charge in [0.05, 0.1) is 25.4 Å². The van der Waals surface area contributed by atoms with Crippen molar-refractivity contribution in [1.82, 2.24) is 0 Å². The van der Waals surface area contributed by atoms with Crippen molar-refractivity contribution in [1.29, 1.82) is 0 Å². The molecule has 21 heavy (non-hydrogen) atoms. The molecule has 0 amide bonds. The summed E-state index contributed by atoms with van der Waals surface area (Å²) in [6.45, 7) is 5.89. The molecule has 0 heterocycles. The van der Waals surface area contributed by atoms with E-state index in [0.29, 0.717) is 13.0 Å². The van der Waals surface area contributed by atoms with Gasteiger partial charge in [-0.3, -0.25) is 4.79 Å². The van der Waals surface area contributed by atoms with Crippen LogP contribution in [-0.4, -0.2) is 46.7 Å². The normalized spacial score (nSPS) is 13.2. The van der Waals surface area contributed by atoms with E-state index in [1.165, 1.54) is 32.1 Å². The number of aliphatic hydroxyl groups is 2. The molecule has 0 aromatic carbocycles. The molecule has 0 spiro atoms. The van der Waals surface area contributed by atoms with Crippen molar-refractivity contribution in [2.75, 3.05) is 13.2 Å². The molecule has 0 fully saturated rings. The van der Waals surface area contributed by atoms with Gasteiger partial charge in [-0.25, -0.2) is 0 Å². The predicted octanol–water partition coefficient (Wildman–Crippen LogP) is 2.98. The Hall–Kier alpha value is -0.650. The van der Waals surface area contributed by atoms with Crippen LogP contribution in [0.4, 0.5) is 0 Å². The first-order valence-electron chi connectivity index (χ1n) is 8.06. The molecule has 0 aromatic heterocycles. The van der Waals surface area contributed by atoms with Gasteiger partial charge in [-0.1, -0.05) is 45.4 Å². The monoisotopic (exact) mass is 306 g/mol. The van der Waals surface area contributed by atoms with E-state index >= 15 is 0 Å². The average Bonchev–Trinajstić information content (AvgIpc) is 2.44. The van der Waals surface area contributed by atoms with Crippen LogP contribution in [0.15, 0.2) is 0 Å². The van der Waals surface area contributed by atoms with Crippen LogP contribution in [0.3, 0.4) is 0 Å². The molecule has 0 bridgehead atoms. The Labute approximate surface area is 129 Å². The van der Waals surface area contributed by atoms with E-state index < -0.39 is 12.1 Å². The number of carbonyl (C=O) groups is 1. The summed E-state index contributed by atoms with van der Waals surface area (Å²) in [6.07, 6.45) is 8.03. The number of aliphatic hydroxyl groups excluding tert-OH is 2. The van der Waals surface area contributed by atoms with Crippen molar-refractivity contribution >= 4 is 5.97 Å². The van der Waals surface area contributed by atoms with E-state index in [4.69, 9.17) is 20.1 Å². The second-order valence-electron chi connectivity index (χ2n) is 5.44. The summed E-state index contributed by atoms with van der Waals surface area (Å²) in [6, 6.07) is 0. The number of carboxylic acids is 1. The largest absolute Gasteiger partial charge is 0.481 e. The third-order valence-electron chi connectivity index (χ3n) is 2.87. The molecule has 0 aliphatic heterocycles. The van der Waals surface area contributed by atoms with Gasteiger partial charge in [0.25, 0.3) is 0 Å². The molecule has 5 nitrogen and oxygen atoms in total. The van der Waals surface area contributed by atoms with E-state index in [9.17, 15) is 4.79 Å². The molecule has 3 N–H and O–H groups in total. The molecule has 0 aromatic rings. The maximum Gasteiger partial charge on any atom is 0.303 e. The molecule has 5 heteroatoms. The maximum atomic E-state index is 10.1. The summed E-state index contributed by atoms with van der Waals surface area (Å²) >= 11 is 0. The van der Waals surface area contributed by atoms with E-state index in [2.05, 4.69) is 6.92 Å². The minimum absolute atomic E-state index is 0.00667. The minimum Gasteiger partial charge on any atom is -0.481 e. The minimum atomic E-state index is -0.663. The van der Waals surface area contributed by atoms with Crippen molar-refractivity contribution in [2.24, 2.45) is 0 Å². The lowest BCUT2D eigenvalue weighted by Gasteiger charge is -2.10. The van der Waals surface area contributed by atoms with Crippen LogP contribution >= 0.6 is 0 Å². The Morgan fingerprint density at radius 2 is 1.57 bits per heavy atom. The Morgan fingerprint density at radius 3 is 2.00 bits per heavy atom. The molecule has 2 unspecified atom stereocenters. The van der Waals surface area contributed by atoms with Crippen molar-refractivity contribution < 1.29 is 24.9 Å². The third kappa shape index (κ3) is 24.7. The van der Waals surface area contributed by atoms with Crippen molar-refractivity contribution in [3.63, 3.8) is 0 Å². The molecular weight excluding hydrogens is 272 g/mol. The fourth-order valence-corrected chi connectivity index (χ4v) is 1.59. The summed E-state index contributed by atoms with van der Waals surface area (Å²) < 4.78 is 4.95. The van der Waals surface area contributed by atoms with Crippen LogP contribution in [0.25, 0.3) is 0 Å². The lowest BCUT2D eigenvalue weighted by Crippen LogP contribution is -2.19. The molecule has 0 saturated carbocycles. The van der Waals surface area contributed by atoms with Crippen LogP contribution in [0.5, 0.6) is 0 Å². The van der Waals surface area contributed by atoms with Gasteiger partial charge in [0, 0.05) is 6.42 Å². The van der Waals surface area contributed by atoms with Crippen molar-refractivity contribution in [3.8, 4) is 0 Å². The molecule has 0 radical (unpaired) electrons. The highest BCUT2D eigenvalue weighted by molar-refractivity contribution is 5.66. The second kappa shape index (κ2) is 17.4. The van der Waals surface area contributed by atoms with Crippen LogP contribution in [0, 0.1) is 0 Å². The highest BCUT2D eigenvalue weighted by atomic mass is 16.5. The quantitative estimate of drug-likeness (QED) is 0.483. The first-order valence-corrected chi connectivity index (χ1v) is 8.06. The molecule has 0 aliphatic rings. The third-order valence-corrected chi connectivity index (χ3v) is 2.87. The zero-order valence-electron chi connectivity index (χ0n) is 13.9. The van der Waals surface area contributed by atoms with E-state index in [-0.39, 0.29) is 12.7 Å². The molecular formula is C16H34O5. The number of rotatable bonds is 12. The lowest BCUT2D eigenvalue weighted by atomic mass is 10.1. The highest BCUT2D eigenvalue weighted by Crippen LogP contribution is 2.07. The van der Waals surface area contributed by atoms with Gasteiger partial charge in [-0.2, -0.15) is 0 Å². The van der Waals surface area contributed by atoms with Crippen molar-refractivity contribution in [3.05, 3.63) is 0 Å². The number of unbranched alkanes of at least 4 members (excludes halogenated alkanes) is 6. The first kappa shape index (κ1) is 22.6. The first-order chi connectivity index (χ1) is 9.93. The molecule has 0 aliphatic carbocycles. The number of ether oxygens (including phenoxy) is 1. The van der Waals surface area contributed by atoms with Gasteiger partial charge < -0.3 is 20.1 Å². The Balaban J connectivity index is 0. The van der Waals surface area contributed by atoms with Crippen LogP contribution < -0.4 is 0 Å². The molecule has 2 atom stereocenters. The zero-order chi connectivity index (χ0) is 16.5. The summed E-state index contributed by atoms with van der Waals surface area (Å²) in [7, 11) is 0. The van der Waals surface area contributed by atoms with Gasteiger partial charge in [-0.15, -0.1) is 0 Å². The van der Waals surface area contributed by atoms with Gasteiger partial charge >= 0.3 is 5.97 Å². The standard InChI is InChI=1S/C10H20O2.C6H14O3/c1-2-3-4-5-6-7-8-9-10(11)12;1-5(8)4-9-6(2)3-7/h2-9H2,1H3,(H,11,12);5-8H,3-4H2,1-2H3. The van der Waals surface area contributed by atoms with Gasteiger partial charge in [0.15, 0.2) is 0 Å².